The molecule has 0 saturated heterocycles. The molecule has 0 N–H and O–H groups in total. The third-order valence-electron chi connectivity index (χ3n) is 3.54. The Kier molecular flexibility index (Phi) is 6.59. The summed E-state index contributed by atoms with van der Waals surface area (Å²) in [7, 11) is 0. The van der Waals surface area contributed by atoms with Gasteiger partial charge in [-0.15, -0.1) is 11.6 Å². The minimum absolute atomic E-state index is 0.392. The number of aromatic nitrogens is 2. The lowest BCUT2D eigenvalue weighted by atomic mass is 10.1. The third-order valence-corrected chi connectivity index (χ3v) is 3.81. The van der Waals surface area contributed by atoms with Crippen molar-refractivity contribution in [2.45, 2.75) is 46.1 Å². The zero-order valence-electron chi connectivity index (χ0n) is 15.6. The van der Waals surface area contributed by atoms with Crippen LogP contribution in [0.25, 0.3) is 11.8 Å². The zero-order chi connectivity index (χ0) is 19.3. The minimum Gasteiger partial charge on any atom is -0.457 e. The van der Waals surface area contributed by atoms with Gasteiger partial charge in [0.2, 0.25) is 0 Å². The number of benzene rings is 1. The van der Waals surface area contributed by atoms with Crippen molar-refractivity contribution in [2.75, 3.05) is 5.88 Å². The molecule has 0 radical (unpaired) electrons. The van der Waals surface area contributed by atoms with Crippen molar-refractivity contribution in [3.8, 4) is 5.69 Å². The lowest BCUT2D eigenvalue weighted by molar-refractivity contribution is -0.149. The second-order valence-electron chi connectivity index (χ2n) is 7.10. The highest BCUT2D eigenvalue weighted by Crippen LogP contribution is 2.21. The lowest BCUT2D eigenvalue weighted by Gasteiger charge is -2.20. The summed E-state index contributed by atoms with van der Waals surface area (Å²) < 4.78 is 21.6. The van der Waals surface area contributed by atoms with Gasteiger partial charge >= 0.3 is 5.97 Å². The molecular weight excluding hydrogens is 355 g/mol. The highest BCUT2D eigenvalue weighted by molar-refractivity contribution is 6.17. The van der Waals surface area contributed by atoms with Crippen LogP contribution in [0.1, 0.15) is 44.9 Å². The molecule has 0 unspecified atom stereocenters. The van der Waals surface area contributed by atoms with Crippen LogP contribution in [0.5, 0.6) is 0 Å². The van der Waals surface area contributed by atoms with Gasteiger partial charge < -0.3 is 9.30 Å². The fourth-order valence-electron chi connectivity index (χ4n) is 2.41. The summed E-state index contributed by atoms with van der Waals surface area (Å²) in [4.78, 5) is 16.5. The molecule has 2 rings (SSSR count). The normalized spacial score (nSPS) is 12.3. The maximum absolute atomic E-state index is 14.5. The van der Waals surface area contributed by atoms with Crippen LogP contribution in [0.4, 0.5) is 4.39 Å². The first kappa shape index (κ1) is 20.2. The van der Waals surface area contributed by atoms with Gasteiger partial charge in [0.05, 0.1) is 17.7 Å². The predicted molar refractivity (Wildman–Crippen MR) is 102 cm³/mol. The Morgan fingerprint density at radius 1 is 1.38 bits per heavy atom. The van der Waals surface area contributed by atoms with E-state index in [2.05, 4.69) is 4.98 Å². The highest BCUT2D eigenvalue weighted by Gasteiger charge is 2.20. The number of rotatable bonds is 6. The average molecular weight is 379 g/mol. The standard InChI is InChI=1S/C20H24ClFN2O2/c1-14-12-24(13-23-14)18-8-7-15(11-17(18)22)10-16(6-5-9-21)19(25)26-20(2,3)4/h7-8,10-13H,5-6,9H2,1-4H3/b16-10+. The number of imidazole rings is 1. The Morgan fingerprint density at radius 2 is 2.12 bits per heavy atom. The van der Waals surface area contributed by atoms with Gasteiger partial charge in [0.25, 0.3) is 0 Å². The summed E-state index contributed by atoms with van der Waals surface area (Å²) in [5, 5.41) is 0. The van der Waals surface area contributed by atoms with Crippen LogP contribution in [-0.2, 0) is 9.53 Å². The summed E-state index contributed by atoms with van der Waals surface area (Å²) in [5.74, 6) is -0.359. The molecule has 4 nitrogen and oxygen atoms in total. The van der Waals surface area contributed by atoms with Gasteiger partial charge in [-0.25, -0.2) is 14.2 Å². The van der Waals surface area contributed by atoms with Gasteiger partial charge in [0.15, 0.2) is 0 Å². The summed E-state index contributed by atoms with van der Waals surface area (Å²) >= 11 is 5.75. The van der Waals surface area contributed by atoms with Crippen molar-refractivity contribution >= 4 is 23.6 Å². The number of alkyl halides is 1. The maximum Gasteiger partial charge on any atom is 0.334 e. The van der Waals surface area contributed by atoms with Gasteiger partial charge in [0, 0.05) is 17.6 Å². The Morgan fingerprint density at radius 3 is 2.65 bits per heavy atom. The fraction of sp³-hybridized carbons (Fsp3) is 0.400. The number of halogens is 2. The number of carbonyl (C=O) groups excluding carboxylic acids is 1. The first-order valence-electron chi connectivity index (χ1n) is 8.50. The van der Waals surface area contributed by atoms with Gasteiger partial charge in [0.1, 0.15) is 11.4 Å². The van der Waals surface area contributed by atoms with Crippen molar-refractivity contribution in [2.24, 2.45) is 0 Å². The molecule has 0 saturated carbocycles. The quantitative estimate of drug-likeness (QED) is 0.400. The van der Waals surface area contributed by atoms with Crippen LogP contribution in [0.3, 0.4) is 0 Å². The summed E-state index contributed by atoms with van der Waals surface area (Å²) in [6.07, 6.45) is 6.09. The molecule has 2 aromatic rings. The average Bonchev–Trinajstić information content (AvgIpc) is 2.96. The second kappa shape index (κ2) is 8.49. The van der Waals surface area contributed by atoms with Crippen LogP contribution in [0, 0.1) is 12.7 Å². The zero-order valence-corrected chi connectivity index (χ0v) is 16.3. The fourth-order valence-corrected chi connectivity index (χ4v) is 2.54. The summed E-state index contributed by atoms with van der Waals surface area (Å²) in [6, 6.07) is 4.82. The molecule has 6 heteroatoms. The summed E-state index contributed by atoms with van der Waals surface area (Å²) in [5.41, 5.74) is 1.69. The van der Waals surface area contributed by atoms with Crippen LogP contribution in [0.2, 0.25) is 0 Å². The van der Waals surface area contributed by atoms with Crippen molar-refractivity contribution < 1.29 is 13.9 Å². The van der Waals surface area contributed by atoms with Crippen molar-refractivity contribution in [3.63, 3.8) is 0 Å². The van der Waals surface area contributed by atoms with E-state index in [0.29, 0.717) is 35.5 Å². The lowest BCUT2D eigenvalue weighted by Crippen LogP contribution is -2.25. The number of hydrogen-bond acceptors (Lipinski definition) is 3. The number of carbonyl (C=O) groups is 1. The first-order valence-corrected chi connectivity index (χ1v) is 9.03. The van der Waals surface area contributed by atoms with Crippen LogP contribution in [0.15, 0.2) is 36.3 Å². The van der Waals surface area contributed by atoms with Crippen molar-refractivity contribution in [1.29, 1.82) is 0 Å². The number of aryl methyl sites for hydroxylation is 1. The molecule has 0 bridgehead atoms. The van der Waals surface area contributed by atoms with Gasteiger partial charge in [-0.05, 0) is 64.3 Å². The van der Waals surface area contributed by atoms with E-state index in [4.69, 9.17) is 16.3 Å². The monoisotopic (exact) mass is 378 g/mol. The number of nitrogens with zero attached hydrogens (tertiary/aromatic N) is 2. The molecule has 26 heavy (non-hydrogen) atoms. The molecule has 1 heterocycles. The molecule has 0 aliphatic heterocycles. The van der Waals surface area contributed by atoms with Crippen molar-refractivity contribution in [1.82, 2.24) is 9.55 Å². The molecular formula is C20H24ClFN2O2. The molecule has 1 aromatic carbocycles. The van der Waals surface area contributed by atoms with E-state index in [1.54, 1.807) is 35.3 Å². The highest BCUT2D eigenvalue weighted by atomic mass is 35.5. The topological polar surface area (TPSA) is 44.1 Å². The predicted octanol–water partition coefficient (Wildman–Crippen LogP) is 5.06. The Bertz CT molecular complexity index is 806. The van der Waals surface area contributed by atoms with Gasteiger partial charge in [-0.2, -0.15) is 0 Å². The van der Waals surface area contributed by atoms with Crippen LogP contribution < -0.4 is 0 Å². The Balaban J connectivity index is 2.30. The number of hydrogen-bond donors (Lipinski definition) is 0. The van der Waals surface area contributed by atoms with E-state index in [9.17, 15) is 9.18 Å². The molecule has 0 atom stereocenters. The van der Waals surface area contributed by atoms with Crippen molar-refractivity contribution in [3.05, 3.63) is 53.4 Å². The van der Waals surface area contributed by atoms with Crippen LogP contribution >= 0.6 is 11.6 Å². The second-order valence-corrected chi connectivity index (χ2v) is 7.48. The van der Waals surface area contributed by atoms with E-state index < -0.39 is 17.4 Å². The molecule has 1 aromatic heterocycles. The van der Waals surface area contributed by atoms with E-state index >= 15 is 0 Å². The molecule has 0 aliphatic rings. The van der Waals surface area contributed by atoms with E-state index in [1.807, 2.05) is 27.7 Å². The first-order chi connectivity index (χ1) is 12.2. The SMILES string of the molecule is Cc1cn(-c2ccc(/C=C(\CCCCl)C(=O)OC(C)(C)C)cc2F)cn1. The third kappa shape index (κ3) is 5.70. The molecule has 0 aliphatic carbocycles. The number of esters is 1. The van der Waals surface area contributed by atoms with Gasteiger partial charge in [-0.1, -0.05) is 6.07 Å². The maximum atomic E-state index is 14.5. The van der Waals surface area contributed by atoms with E-state index in [1.165, 1.54) is 6.07 Å². The minimum atomic E-state index is -0.592. The molecule has 0 fully saturated rings. The largest absolute Gasteiger partial charge is 0.457 e. The van der Waals surface area contributed by atoms with E-state index in [-0.39, 0.29) is 0 Å². The smallest absolute Gasteiger partial charge is 0.334 e. The summed E-state index contributed by atoms with van der Waals surface area (Å²) in [6.45, 7) is 7.28. The molecule has 0 amide bonds. The Labute approximate surface area is 158 Å². The molecule has 0 spiro atoms. The molecule has 140 valence electrons. The number of ether oxygens (including phenoxy) is 1. The Hall–Kier alpha value is -2.14. The van der Waals surface area contributed by atoms with E-state index in [0.717, 1.165) is 5.69 Å². The van der Waals surface area contributed by atoms with Gasteiger partial charge in [-0.3, -0.25) is 0 Å². The van der Waals surface area contributed by atoms with Crippen LogP contribution in [-0.4, -0.2) is 27.0 Å².